The van der Waals surface area contributed by atoms with Crippen LogP contribution in [0.1, 0.15) is 42.3 Å². The quantitative estimate of drug-likeness (QED) is 0.677. The first-order chi connectivity index (χ1) is 14.5. The Hall–Kier alpha value is -3.41. The second-order valence-electron chi connectivity index (χ2n) is 8.93. The number of hydrogen-bond donors (Lipinski definition) is 1. The first-order valence-corrected chi connectivity index (χ1v) is 10.3. The second kappa shape index (κ2) is 8.76. The molecule has 2 aromatic carbocycles. The number of nitrogens with zero attached hydrogens (tertiary/aromatic N) is 3. The lowest BCUT2D eigenvalue weighted by Crippen LogP contribution is -2.46. The summed E-state index contributed by atoms with van der Waals surface area (Å²) in [6.07, 6.45) is 1.74. The summed E-state index contributed by atoms with van der Waals surface area (Å²) in [5.74, 6) is -0.453. The van der Waals surface area contributed by atoms with Gasteiger partial charge in [0.2, 0.25) is 5.91 Å². The maximum atomic E-state index is 13.3. The highest BCUT2D eigenvalue weighted by Gasteiger charge is 2.24. The van der Waals surface area contributed by atoms with Crippen LogP contribution >= 0.6 is 0 Å². The maximum absolute atomic E-state index is 13.3. The topological polar surface area (TPSA) is 67.2 Å². The fourth-order valence-corrected chi connectivity index (χ4v) is 3.30. The summed E-state index contributed by atoms with van der Waals surface area (Å²) in [6, 6.07) is 15.7. The Labute approximate surface area is 183 Å². The fraction of sp³-hybridized carbons (Fsp3) is 0.320. The first-order valence-electron chi connectivity index (χ1n) is 10.3. The van der Waals surface area contributed by atoms with Crippen molar-refractivity contribution in [2.45, 2.75) is 40.2 Å². The van der Waals surface area contributed by atoms with Crippen LogP contribution in [0.4, 0.5) is 0 Å². The van der Waals surface area contributed by atoms with Gasteiger partial charge in [0.1, 0.15) is 5.69 Å². The minimum atomic E-state index is -0.357. The van der Waals surface area contributed by atoms with Gasteiger partial charge in [-0.25, -0.2) is 4.68 Å². The van der Waals surface area contributed by atoms with E-state index in [1.54, 1.807) is 17.9 Å². The van der Waals surface area contributed by atoms with E-state index in [9.17, 15) is 9.59 Å². The van der Waals surface area contributed by atoms with Crippen LogP contribution in [0.15, 0.2) is 54.7 Å². The van der Waals surface area contributed by atoms with Gasteiger partial charge in [0, 0.05) is 24.3 Å². The Bertz CT molecular complexity index is 1090. The molecule has 0 atom stereocenters. The Morgan fingerprint density at radius 2 is 1.71 bits per heavy atom. The molecule has 0 aliphatic rings. The number of aromatic nitrogens is 2. The Morgan fingerprint density at radius 3 is 2.32 bits per heavy atom. The largest absolute Gasteiger partial charge is 0.350 e. The van der Waals surface area contributed by atoms with Gasteiger partial charge in [-0.1, -0.05) is 30.3 Å². The minimum Gasteiger partial charge on any atom is -0.350 e. The van der Waals surface area contributed by atoms with E-state index in [1.807, 2.05) is 76.2 Å². The lowest BCUT2D eigenvalue weighted by Gasteiger charge is -2.23. The number of aryl methyl sites for hydroxylation is 2. The van der Waals surface area contributed by atoms with E-state index in [2.05, 4.69) is 12.2 Å². The van der Waals surface area contributed by atoms with Crippen molar-refractivity contribution in [3.63, 3.8) is 0 Å². The van der Waals surface area contributed by atoms with Gasteiger partial charge >= 0.3 is 0 Å². The molecule has 6 heteroatoms. The van der Waals surface area contributed by atoms with Crippen LogP contribution < -0.4 is 5.32 Å². The van der Waals surface area contributed by atoms with Crippen LogP contribution in [-0.4, -0.2) is 45.6 Å². The highest BCUT2D eigenvalue weighted by Crippen LogP contribution is 2.26. The van der Waals surface area contributed by atoms with Crippen LogP contribution in [-0.2, 0) is 4.79 Å². The van der Waals surface area contributed by atoms with E-state index < -0.39 is 0 Å². The van der Waals surface area contributed by atoms with Crippen molar-refractivity contribution < 1.29 is 9.59 Å². The molecule has 0 spiro atoms. The van der Waals surface area contributed by atoms with Crippen LogP contribution in [0.5, 0.6) is 0 Å². The first kappa shape index (κ1) is 22.3. The molecular weight excluding hydrogens is 388 g/mol. The normalized spacial score (nSPS) is 11.3. The third kappa shape index (κ3) is 5.40. The molecule has 0 bridgehead atoms. The molecule has 0 aliphatic heterocycles. The van der Waals surface area contributed by atoms with Crippen molar-refractivity contribution in [1.82, 2.24) is 20.0 Å². The Balaban J connectivity index is 1.99. The van der Waals surface area contributed by atoms with E-state index >= 15 is 0 Å². The number of nitrogens with one attached hydrogen (secondary N) is 1. The van der Waals surface area contributed by atoms with E-state index in [1.165, 1.54) is 10.5 Å². The molecule has 0 radical (unpaired) electrons. The van der Waals surface area contributed by atoms with Crippen LogP contribution in [0, 0.1) is 13.8 Å². The SMILES string of the molecule is Cc1ccc(-c2nn(-c3ccccc3)cc2C(=O)N(C)CC(=O)NC(C)(C)C)cc1C. The van der Waals surface area contributed by atoms with E-state index in [-0.39, 0.29) is 23.9 Å². The number of benzene rings is 2. The Morgan fingerprint density at radius 1 is 1.03 bits per heavy atom. The van der Waals surface area contributed by atoms with Crippen LogP contribution in [0.25, 0.3) is 16.9 Å². The zero-order valence-electron chi connectivity index (χ0n) is 19.1. The van der Waals surface area contributed by atoms with Gasteiger partial charge in [0.15, 0.2) is 0 Å². The molecule has 2 amide bonds. The summed E-state index contributed by atoms with van der Waals surface area (Å²) in [5.41, 5.74) is 4.73. The lowest BCUT2D eigenvalue weighted by atomic mass is 10.0. The molecule has 3 aromatic rings. The van der Waals surface area contributed by atoms with Gasteiger partial charge in [-0.15, -0.1) is 0 Å². The monoisotopic (exact) mass is 418 g/mol. The molecule has 0 saturated carbocycles. The molecule has 0 saturated heterocycles. The molecule has 1 heterocycles. The van der Waals surface area contributed by atoms with E-state index in [4.69, 9.17) is 5.10 Å². The van der Waals surface area contributed by atoms with Crippen LogP contribution in [0.3, 0.4) is 0 Å². The number of hydrogen-bond acceptors (Lipinski definition) is 3. The average Bonchev–Trinajstić information content (AvgIpc) is 3.14. The predicted octanol–water partition coefficient (Wildman–Crippen LogP) is 4.14. The number of carbonyl (C=O) groups is 2. The van der Waals surface area contributed by atoms with Gasteiger partial charge < -0.3 is 10.2 Å². The highest BCUT2D eigenvalue weighted by molar-refractivity contribution is 6.01. The number of amides is 2. The van der Waals surface area contributed by atoms with Crippen LogP contribution in [0.2, 0.25) is 0 Å². The molecule has 31 heavy (non-hydrogen) atoms. The standard InChI is InChI=1S/C25H30N4O2/c1-17-12-13-19(14-18(17)2)23-21(15-29(27-23)20-10-8-7-9-11-20)24(31)28(6)16-22(30)26-25(3,4)5/h7-15H,16H2,1-6H3,(H,26,30). The van der Waals surface area contributed by atoms with E-state index in [0.29, 0.717) is 11.3 Å². The molecule has 1 N–H and O–H groups in total. The zero-order chi connectivity index (χ0) is 22.8. The van der Waals surface area contributed by atoms with Crippen molar-refractivity contribution in [3.8, 4) is 16.9 Å². The third-order valence-corrected chi connectivity index (χ3v) is 4.99. The summed E-state index contributed by atoms with van der Waals surface area (Å²) < 4.78 is 1.71. The third-order valence-electron chi connectivity index (χ3n) is 4.99. The van der Waals surface area contributed by atoms with Gasteiger partial charge in [-0.2, -0.15) is 5.10 Å². The van der Waals surface area contributed by atoms with Crippen molar-refractivity contribution in [2.24, 2.45) is 0 Å². The second-order valence-corrected chi connectivity index (χ2v) is 8.93. The van der Waals surface area contributed by atoms with Crippen molar-refractivity contribution in [3.05, 3.63) is 71.4 Å². The molecule has 3 rings (SSSR count). The Kier molecular flexibility index (Phi) is 6.29. The summed E-state index contributed by atoms with van der Waals surface area (Å²) in [4.78, 5) is 27.1. The number of likely N-dealkylation sites (N-methyl/N-ethyl adjacent to an activating group) is 1. The van der Waals surface area contributed by atoms with Gasteiger partial charge in [0.05, 0.1) is 17.8 Å². The fourth-order valence-electron chi connectivity index (χ4n) is 3.30. The molecule has 0 fully saturated rings. The predicted molar refractivity (Wildman–Crippen MR) is 123 cm³/mol. The smallest absolute Gasteiger partial charge is 0.257 e. The summed E-state index contributed by atoms with van der Waals surface area (Å²) in [6.45, 7) is 9.79. The number of carbonyl (C=O) groups excluding carboxylic acids is 2. The van der Waals surface area contributed by atoms with E-state index in [0.717, 1.165) is 16.8 Å². The maximum Gasteiger partial charge on any atom is 0.257 e. The summed E-state index contributed by atoms with van der Waals surface area (Å²) in [5, 5.41) is 7.63. The molecule has 6 nitrogen and oxygen atoms in total. The van der Waals surface area contributed by atoms with Crippen molar-refractivity contribution in [1.29, 1.82) is 0 Å². The molecule has 1 aromatic heterocycles. The molecule has 0 unspecified atom stereocenters. The van der Waals surface area contributed by atoms with Crippen molar-refractivity contribution in [2.75, 3.05) is 13.6 Å². The zero-order valence-corrected chi connectivity index (χ0v) is 19.1. The van der Waals surface area contributed by atoms with Gasteiger partial charge in [-0.05, 0) is 63.9 Å². The van der Waals surface area contributed by atoms with Crippen molar-refractivity contribution >= 4 is 11.8 Å². The molecule has 0 aliphatic carbocycles. The molecule has 162 valence electrons. The summed E-state index contributed by atoms with van der Waals surface area (Å²) in [7, 11) is 1.63. The number of para-hydroxylation sites is 1. The summed E-state index contributed by atoms with van der Waals surface area (Å²) >= 11 is 0. The molecular formula is C25H30N4O2. The number of rotatable bonds is 5. The minimum absolute atomic E-state index is 0.0288. The average molecular weight is 419 g/mol. The van der Waals surface area contributed by atoms with Gasteiger partial charge in [0.25, 0.3) is 5.91 Å². The van der Waals surface area contributed by atoms with Gasteiger partial charge in [-0.3, -0.25) is 9.59 Å². The highest BCUT2D eigenvalue weighted by atomic mass is 16.2. The lowest BCUT2D eigenvalue weighted by molar-refractivity contribution is -0.122.